The first-order valence-electron chi connectivity index (χ1n) is 9.75. The van der Waals surface area contributed by atoms with Crippen LogP contribution in [0.4, 0.5) is 4.39 Å². The molecule has 5 heterocycles. The number of pyridine rings is 3. The van der Waals surface area contributed by atoms with Gasteiger partial charge in [-0.15, -0.1) is 0 Å². The van der Waals surface area contributed by atoms with Gasteiger partial charge in [0.25, 0.3) is 0 Å². The van der Waals surface area contributed by atoms with Gasteiger partial charge in [0, 0.05) is 57.8 Å². The molecule has 0 fully saturated rings. The van der Waals surface area contributed by atoms with E-state index in [0.29, 0.717) is 11.3 Å². The summed E-state index contributed by atoms with van der Waals surface area (Å²) in [5.74, 6) is -0.292. The van der Waals surface area contributed by atoms with Crippen molar-refractivity contribution in [2.45, 2.75) is 0 Å². The van der Waals surface area contributed by atoms with E-state index in [2.05, 4.69) is 36.2 Å². The van der Waals surface area contributed by atoms with Gasteiger partial charge in [0.05, 0.1) is 11.4 Å². The highest BCUT2D eigenvalue weighted by Gasteiger charge is 2.15. The van der Waals surface area contributed by atoms with Gasteiger partial charge in [-0.3, -0.25) is 15.1 Å². The van der Waals surface area contributed by atoms with Gasteiger partial charge in [-0.25, -0.2) is 9.37 Å². The van der Waals surface area contributed by atoms with Gasteiger partial charge in [-0.05, 0) is 36.4 Å². The quantitative estimate of drug-likeness (QED) is 0.414. The average Bonchev–Trinajstić information content (AvgIpc) is 3.43. The lowest BCUT2D eigenvalue weighted by Crippen LogP contribution is -1.85. The summed E-state index contributed by atoms with van der Waals surface area (Å²) in [6.07, 6.45) is 7.07. The molecular weight excluding hydrogens is 391 g/mol. The van der Waals surface area contributed by atoms with Gasteiger partial charge in [0.1, 0.15) is 11.5 Å². The number of benzene rings is 1. The molecule has 0 radical (unpaired) electrons. The lowest BCUT2D eigenvalue weighted by atomic mass is 10.1. The second kappa shape index (κ2) is 6.84. The molecule has 6 nitrogen and oxygen atoms in total. The predicted octanol–water partition coefficient (Wildman–Crippen LogP) is 5.37. The van der Waals surface area contributed by atoms with Crippen molar-refractivity contribution in [1.82, 2.24) is 30.1 Å². The van der Waals surface area contributed by atoms with Crippen molar-refractivity contribution in [3.8, 4) is 33.8 Å². The number of hydrogen-bond donors (Lipinski definition) is 2. The zero-order valence-electron chi connectivity index (χ0n) is 16.2. The zero-order valence-corrected chi connectivity index (χ0v) is 16.2. The number of hydrogen-bond acceptors (Lipinski definition) is 4. The summed E-state index contributed by atoms with van der Waals surface area (Å²) < 4.78 is 13.8. The van der Waals surface area contributed by atoms with Crippen LogP contribution in [0.2, 0.25) is 0 Å². The third-order valence-corrected chi connectivity index (χ3v) is 5.31. The van der Waals surface area contributed by atoms with E-state index in [1.807, 2.05) is 36.5 Å². The summed E-state index contributed by atoms with van der Waals surface area (Å²) in [6, 6.07) is 16.3. The molecule has 0 spiro atoms. The van der Waals surface area contributed by atoms with Crippen molar-refractivity contribution in [3.63, 3.8) is 0 Å². The highest BCUT2D eigenvalue weighted by atomic mass is 19.1. The van der Waals surface area contributed by atoms with Crippen LogP contribution in [0.3, 0.4) is 0 Å². The van der Waals surface area contributed by atoms with E-state index in [1.54, 1.807) is 24.7 Å². The molecule has 0 aliphatic rings. The Labute approximate surface area is 175 Å². The SMILES string of the molecule is Fc1cccc(-c2nccc3[nH]c(-c4n[nH]c5ncc(-c6cccnc6)cc45)cc23)c1. The largest absolute Gasteiger partial charge is 0.353 e. The summed E-state index contributed by atoms with van der Waals surface area (Å²) in [5.41, 5.74) is 6.57. The maximum atomic E-state index is 13.8. The van der Waals surface area contributed by atoms with Crippen LogP contribution in [0.5, 0.6) is 0 Å². The number of halogens is 1. The number of nitrogens with zero attached hydrogens (tertiary/aromatic N) is 4. The number of aromatic nitrogens is 6. The van der Waals surface area contributed by atoms with Crippen LogP contribution in [0.15, 0.2) is 79.4 Å². The minimum Gasteiger partial charge on any atom is -0.353 e. The highest BCUT2D eigenvalue weighted by Crippen LogP contribution is 2.33. The first-order chi connectivity index (χ1) is 15.3. The molecule has 31 heavy (non-hydrogen) atoms. The van der Waals surface area contributed by atoms with E-state index in [9.17, 15) is 4.39 Å². The lowest BCUT2D eigenvalue weighted by molar-refractivity contribution is 0.628. The summed E-state index contributed by atoms with van der Waals surface area (Å²) >= 11 is 0. The second-order valence-electron chi connectivity index (χ2n) is 7.25. The van der Waals surface area contributed by atoms with E-state index in [-0.39, 0.29) is 5.82 Å². The molecule has 0 unspecified atom stereocenters. The standard InChI is InChI=1S/C24H15FN6/c25-17-5-1-3-14(9-17)22-18-11-21(29-20(18)6-8-27-22)23-19-10-16(13-28-24(19)31-30-23)15-4-2-7-26-12-15/h1-13,29H,(H,28,30,31). The van der Waals surface area contributed by atoms with E-state index in [0.717, 1.165) is 44.4 Å². The summed E-state index contributed by atoms with van der Waals surface area (Å²) in [5, 5.41) is 9.29. The molecule has 5 aromatic heterocycles. The van der Waals surface area contributed by atoms with Gasteiger partial charge < -0.3 is 4.98 Å². The average molecular weight is 406 g/mol. The Morgan fingerprint density at radius 1 is 0.742 bits per heavy atom. The molecule has 0 bridgehead atoms. The molecule has 1 aromatic carbocycles. The number of fused-ring (bicyclic) bond motifs is 2. The molecule has 2 N–H and O–H groups in total. The maximum absolute atomic E-state index is 13.8. The summed E-state index contributed by atoms with van der Waals surface area (Å²) in [7, 11) is 0. The topological polar surface area (TPSA) is 83.1 Å². The molecule has 0 atom stereocenters. The van der Waals surface area contributed by atoms with Gasteiger partial charge in [0.2, 0.25) is 0 Å². The van der Waals surface area contributed by atoms with E-state index in [4.69, 9.17) is 0 Å². The van der Waals surface area contributed by atoms with Crippen LogP contribution in [-0.2, 0) is 0 Å². The summed E-state index contributed by atoms with van der Waals surface area (Å²) in [6.45, 7) is 0. The minimum atomic E-state index is -0.292. The third-order valence-electron chi connectivity index (χ3n) is 5.31. The van der Waals surface area contributed by atoms with Crippen LogP contribution >= 0.6 is 0 Å². The van der Waals surface area contributed by atoms with Gasteiger partial charge in [0.15, 0.2) is 5.65 Å². The molecule has 6 aromatic rings. The van der Waals surface area contributed by atoms with Crippen molar-refractivity contribution in [2.75, 3.05) is 0 Å². The van der Waals surface area contributed by atoms with Crippen molar-refractivity contribution < 1.29 is 4.39 Å². The lowest BCUT2D eigenvalue weighted by Gasteiger charge is -2.02. The van der Waals surface area contributed by atoms with E-state index >= 15 is 0 Å². The number of rotatable bonds is 3. The predicted molar refractivity (Wildman–Crippen MR) is 118 cm³/mol. The monoisotopic (exact) mass is 406 g/mol. The molecule has 0 aliphatic heterocycles. The minimum absolute atomic E-state index is 0.292. The maximum Gasteiger partial charge on any atom is 0.155 e. The van der Waals surface area contributed by atoms with E-state index in [1.165, 1.54) is 12.1 Å². The van der Waals surface area contributed by atoms with Crippen LogP contribution in [0.25, 0.3) is 55.7 Å². The zero-order chi connectivity index (χ0) is 20.8. The van der Waals surface area contributed by atoms with Crippen molar-refractivity contribution >= 4 is 21.9 Å². The molecule has 0 saturated carbocycles. The summed E-state index contributed by atoms with van der Waals surface area (Å²) in [4.78, 5) is 16.6. The Kier molecular flexibility index (Phi) is 3.86. The number of aromatic amines is 2. The molecule has 0 aliphatic carbocycles. The fraction of sp³-hybridized carbons (Fsp3) is 0. The van der Waals surface area contributed by atoms with Crippen molar-refractivity contribution in [1.29, 1.82) is 0 Å². The van der Waals surface area contributed by atoms with Crippen LogP contribution in [-0.4, -0.2) is 30.1 Å². The normalized spacial score (nSPS) is 11.4. The molecule has 6 rings (SSSR count). The fourth-order valence-corrected chi connectivity index (χ4v) is 3.85. The Balaban J connectivity index is 1.52. The Morgan fingerprint density at radius 2 is 1.68 bits per heavy atom. The van der Waals surface area contributed by atoms with Gasteiger partial charge >= 0.3 is 0 Å². The molecular formula is C24H15FN6. The smallest absolute Gasteiger partial charge is 0.155 e. The van der Waals surface area contributed by atoms with Gasteiger partial charge in [-0.1, -0.05) is 18.2 Å². The first kappa shape index (κ1) is 17.5. The highest BCUT2D eigenvalue weighted by molar-refractivity contribution is 5.99. The number of nitrogens with one attached hydrogen (secondary N) is 2. The van der Waals surface area contributed by atoms with Gasteiger partial charge in [-0.2, -0.15) is 5.10 Å². The molecule has 148 valence electrons. The van der Waals surface area contributed by atoms with Crippen molar-refractivity contribution in [2.24, 2.45) is 0 Å². The molecule has 0 amide bonds. The third kappa shape index (κ3) is 2.95. The number of H-pyrrole nitrogens is 2. The van der Waals surface area contributed by atoms with E-state index < -0.39 is 0 Å². The second-order valence-corrected chi connectivity index (χ2v) is 7.25. The van der Waals surface area contributed by atoms with Crippen molar-refractivity contribution in [3.05, 3.63) is 85.2 Å². The van der Waals surface area contributed by atoms with Crippen LogP contribution < -0.4 is 0 Å². The Morgan fingerprint density at radius 3 is 2.55 bits per heavy atom. The molecule has 7 heteroatoms. The van der Waals surface area contributed by atoms with Crippen LogP contribution in [0, 0.1) is 5.82 Å². The Bertz CT molecular complexity index is 1550. The van der Waals surface area contributed by atoms with Crippen LogP contribution in [0.1, 0.15) is 0 Å². The fourth-order valence-electron chi connectivity index (χ4n) is 3.85. The first-order valence-corrected chi connectivity index (χ1v) is 9.75. The Hall–Kier alpha value is -4.39. The molecule has 0 saturated heterocycles.